The number of amides is 1. The standard InChI is InChI=1S/C19H23ClN2O2/c1-3-14(2)24-17-9-6-8-16(11-17)21-13-19(23)22-12-15-7-4-5-10-18(15)20/h4-11,14,21H,3,12-13H2,1-2H3,(H,22,23). The lowest BCUT2D eigenvalue weighted by Crippen LogP contribution is -2.29. The zero-order chi connectivity index (χ0) is 17.4. The lowest BCUT2D eigenvalue weighted by molar-refractivity contribution is -0.119. The number of benzene rings is 2. The predicted molar refractivity (Wildman–Crippen MR) is 98.6 cm³/mol. The molecule has 0 fully saturated rings. The molecule has 0 aliphatic heterocycles. The third kappa shape index (κ3) is 5.78. The maximum atomic E-state index is 12.0. The van der Waals surface area contributed by atoms with Crippen molar-refractivity contribution in [2.45, 2.75) is 32.9 Å². The number of hydrogen-bond acceptors (Lipinski definition) is 3. The van der Waals surface area contributed by atoms with Crippen molar-refractivity contribution in [2.75, 3.05) is 11.9 Å². The Balaban J connectivity index is 1.81. The third-order valence-corrected chi connectivity index (χ3v) is 4.00. The van der Waals surface area contributed by atoms with Crippen molar-refractivity contribution < 1.29 is 9.53 Å². The quantitative estimate of drug-likeness (QED) is 0.751. The van der Waals surface area contributed by atoms with E-state index in [2.05, 4.69) is 17.6 Å². The van der Waals surface area contributed by atoms with Gasteiger partial charge in [-0.3, -0.25) is 4.79 Å². The highest BCUT2D eigenvalue weighted by atomic mass is 35.5. The summed E-state index contributed by atoms with van der Waals surface area (Å²) in [7, 11) is 0. The van der Waals surface area contributed by atoms with E-state index < -0.39 is 0 Å². The summed E-state index contributed by atoms with van der Waals surface area (Å²) in [5.41, 5.74) is 1.75. The van der Waals surface area contributed by atoms with Gasteiger partial charge in [-0.25, -0.2) is 0 Å². The molecule has 128 valence electrons. The number of carbonyl (C=O) groups is 1. The van der Waals surface area contributed by atoms with Crippen LogP contribution in [0.4, 0.5) is 5.69 Å². The van der Waals surface area contributed by atoms with E-state index in [1.807, 2.05) is 55.5 Å². The number of carbonyl (C=O) groups excluding carboxylic acids is 1. The SMILES string of the molecule is CCC(C)Oc1cccc(NCC(=O)NCc2ccccc2Cl)c1. The zero-order valence-corrected chi connectivity index (χ0v) is 14.8. The number of hydrogen-bond donors (Lipinski definition) is 2. The number of nitrogens with one attached hydrogen (secondary N) is 2. The molecule has 0 saturated heterocycles. The van der Waals surface area contributed by atoms with Crippen molar-refractivity contribution in [1.82, 2.24) is 5.32 Å². The fraction of sp³-hybridized carbons (Fsp3) is 0.316. The first-order valence-electron chi connectivity index (χ1n) is 8.09. The maximum absolute atomic E-state index is 12.0. The molecule has 0 heterocycles. The van der Waals surface area contributed by atoms with E-state index in [0.29, 0.717) is 11.6 Å². The van der Waals surface area contributed by atoms with Crippen LogP contribution in [-0.2, 0) is 11.3 Å². The van der Waals surface area contributed by atoms with E-state index in [0.717, 1.165) is 23.4 Å². The van der Waals surface area contributed by atoms with Crippen LogP contribution in [0.25, 0.3) is 0 Å². The van der Waals surface area contributed by atoms with Crippen molar-refractivity contribution in [2.24, 2.45) is 0 Å². The highest BCUT2D eigenvalue weighted by Crippen LogP contribution is 2.19. The van der Waals surface area contributed by atoms with Gasteiger partial charge >= 0.3 is 0 Å². The molecule has 24 heavy (non-hydrogen) atoms. The summed E-state index contributed by atoms with van der Waals surface area (Å²) in [5.74, 6) is 0.703. The van der Waals surface area contributed by atoms with Crippen LogP contribution in [0.1, 0.15) is 25.8 Å². The number of anilines is 1. The first-order chi connectivity index (χ1) is 11.6. The fourth-order valence-corrected chi connectivity index (χ4v) is 2.28. The summed E-state index contributed by atoms with van der Waals surface area (Å²) in [6, 6.07) is 15.1. The molecule has 0 aromatic heterocycles. The van der Waals surface area contributed by atoms with Crippen molar-refractivity contribution in [3.05, 3.63) is 59.1 Å². The molecule has 0 aliphatic carbocycles. The fourth-order valence-electron chi connectivity index (χ4n) is 2.08. The molecule has 4 nitrogen and oxygen atoms in total. The van der Waals surface area contributed by atoms with Gasteiger partial charge in [-0.15, -0.1) is 0 Å². The Labute approximate surface area is 148 Å². The molecular weight excluding hydrogens is 324 g/mol. The minimum atomic E-state index is -0.0943. The summed E-state index contributed by atoms with van der Waals surface area (Å²) in [4.78, 5) is 12.0. The predicted octanol–water partition coefficient (Wildman–Crippen LogP) is 4.25. The Kier molecular flexibility index (Phi) is 6.94. The molecule has 1 atom stereocenters. The molecule has 2 N–H and O–H groups in total. The second-order valence-electron chi connectivity index (χ2n) is 5.59. The van der Waals surface area contributed by atoms with Gasteiger partial charge in [-0.1, -0.05) is 42.8 Å². The molecule has 0 spiro atoms. The van der Waals surface area contributed by atoms with Gasteiger partial charge in [-0.05, 0) is 37.1 Å². The van der Waals surface area contributed by atoms with Crippen LogP contribution in [0.5, 0.6) is 5.75 Å². The van der Waals surface area contributed by atoms with Crippen LogP contribution >= 0.6 is 11.6 Å². The van der Waals surface area contributed by atoms with E-state index in [1.54, 1.807) is 0 Å². The Bertz CT molecular complexity index is 676. The van der Waals surface area contributed by atoms with Crippen molar-refractivity contribution in [3.8, 4) is 5.75 Å². The molecule has 1 unspecified atom stereocenters. The second-order valence-corrected chi connectivity index (χ2v) is 5.99. The molecular formula is C19H23ClN2O2. The first kappa shape index (κ1) is 18.1. The number of ether oxygens (including phenoxy) is 1. The summed E-state index contributed by atoms with van der Waals surface area (Å²) >= 11 is 6.07. The molecule has 0 saturated carbocycles. The Morgan fingerprint density at radius 3 is 2.75 bits per heavy atom. The highest BCUT2D eigenvalue weighted by Gasteiger charge is 2.05. The largest absolute Gasteiger partial charge is 0.491 e. The average Bonchev–Trinajstić information content (AvgIpc) is 2.59. The van der Waals surface area contributed by atoms with Crippen LogP contribution < -0.4 is 15.4 Å². The first-order valence-corrected chi connectivity index (χ1v) is 8.47. The summed E-state index contributed by atoms with van der Waals surface area (Å²) in [6.07, 6.45) is 1.11. The Morgan fingerprint density at radius 2 is 2.00 bits per heavy atom. The van der Waals surface area contributed by atoms with Gasteiger partial charge in [0.05, 0.1) is 12.6 Å². The number of halogens is 1. The van der Waals surface area contributed by atoms with E-state index in [-0.39, 0.29) is 18.6 Å². The third-order valence-electron chi connectivity index (χ3n) is 3.63. The average molecular weight is 347 g/mol. The normalized spacial score (nSPS) is 11.6. The van der Waals surface area contributed by atoms with E-state index in [1.165, 1.54) is 0 Å². The van der Waals surface area contributed by atoms with Gasteiger partial charge in [0, 0.05) is 23.3 Å². The van der Waals surface area contributed by atoms with Crippen LogP contribution in [0.15, 0.2) is 48.5 Å². The van der Waals surface area contributed by atoms with E-state index in [4.69, 9.17) is 16.3 Å². The highest BCUT2D eigenvalue weighted by molar-refractivity contribution is 6.31. The Hall–Kier alpha value is -2.20. The molecule has 2 aromatic carbocycles. The molecule has 1 amide bonds. The second kappa shape index (κ2) is 9.18. The van der Waals surface area contributed by atoms with E-state index in [9.17, 15) is 4.79 Å². The van der Waals surface area contributed by atoms with Gasteiger partial charge in [0.25, 0.3) is 0 Å². The molecule has 2 rings (SSSR count). The molecule has 0 bridgehead atoms. The minimum Gasteiger partial charge on any atom is -0.491 e. The zero-order valence-electron chi connectivity index (χ0n) is 14.0. The summed E-state index contributed by atoms with van der Waals surface area (Å²) < 4.78 is 5.77. The van der Waals surface area contributed by atoms with Crippen LogP contribution in [-0.4, -0.2) is 18.6 Å². The lowest BCUT2D eigenvalue weighted by Gasteiger charge is -2.14. The summed E-state index contributed by atoms with van der Waals surface area (Å²) in [5, 5.41) is 6.60. The van der Waals surface area contributed by atoms with Gasteiger partial charge in [-0.2, -0.15) is 0 Å². The number of rotatable bonds is 8. The van der Waals surface area contributed by atoms with Crippen molar-refractivity contribution in [3.63, 3.8) is 0 Å². The molecule has 2 aromatic rings. The van der Waals surface area contributed by atoms with Crippen molar-refractivity contribution >= 4 is 23.2 Å². The molecule has 5 heteroatoms. The monoisotopic (exact) mass is 346 g/mol. The smallest absolute Gasteiger partial charge is 0.239 e. The van der Waals surface area contributed by atoms with Crippen LogP contribution in [0.3, 0.4) is 0 Å². The van der Waals surface area contributed by atoms with Gasteiger partial charge in [0.15, 0.2) is 0 Å². The molecule has 0 aliphatic rings. The van der Waals surface area contributed by atoms with Crippen molar-refractivity contribution in [1.29, 1.82) is 0 Å². The topological polar surface area (TPSA) is 50.4 Å². The van der Waals surface area contributed by atoms with Crippen LogP contribution in [0.2, 0.25) is 5.02 Å². The van der Waals surface area contributed by atoms with Crippen LogP contribution in [0, 0.1) is 0 Å². The summed E-state index contributed by atoms with van der Waals surface area (Å²) in [6.45, 7) is 4.72. The lowest BCUT2D eigenvalue weighted by atomic mass is 10.2. The Morgan fingerprint density at radius 1 is 1.21 bits per heavy atom. The van der Waals surface area contributed by atoms with E-state index >= 15 is 0 Å². The molecule has 0 radical (unpaired) electrons. The van der Waals surface area contributed by atoms with Gasteiger partial charge in [0.1, 0.15) is 5.75 Å². The van der Waals surface area contributed by atoms with Gasteiger partial charge < -0.3 is 15.4 Å². The minimum absolute atomic E-state index is 0.0943. The van der Waals surface area contributed by atoms with Gasteiger partial charge in [0.2, 0.25) is 5.91 Å². The maximum Gasteiger partial charge on any atom is 0.239 e.